The SMILES string of the molecule is CC1(O)C(C(N)=O)=C(O)CC2CC3Cc4c(-c5ccc(Cl)nc5)ccc(O)c4C(O)=C3C(=O)C21. The van der Waals surface area contributed by atoms with Crippen molar-refractivity contribution < 1.29 is 30.0 Å². The fourth-order valence-electron chi connectivity index (χ4n) is 6.10. The number of carbonyl (C=O) groups is 2. The molecule has 8 nitrogen and oxygen atoms in total. The van der Waals surface area contributed by atoms with Crippen molar-refractivity contribution in [3.05, 3.63) is 63.6 Å². The molecule has 6 N–H and O–H groups in total. The number of primary amides is 1. The van der Waals surface area contributed by atoms with Crippen LogP contribution in [0.2, 0.25) is 5.15 Å². The van der Waals surface area contributed by atoms with E-state index in [2.05, 4.69) is 4.98 Å². The van der Waals surface area contributed by atoms with Crippen molar-refractivity contribution >= 4 is 29.1 Å². The Morgan fingerprint density at radius 3 is 2.56 bits per heavy atom. The average molecular weight is 483 g/mol. The molecule has 3 aliphatic rings. The lowest BCUT2D eigenvalue weighted by Crippen LogP contribution is -2.55. The van der Waals surface area contributed by atoms with Gasteiger partial charge >= 0.3 is 0 Å². The number of nitrogens with two attached hydrogens (primary N) is 1. The van der Waals surface area contributed by atoms with Gasteiger partial charge in [0.05, 0.1) is 17.1 Å². The van der Waals surface area contributed by atoms with Crippen molar-refractivity contribution in [2.45, 2.75) is 31.8 Å². The summed E-state index contributed by atoms with van der Waals surface area (Å²) >= 11 is 5.92. The topological polar surface area (TPSA) is 154 Å². The number of rotatable bonds is 2. The third-order valence-corrected chi connectivity index (χ3v) is 7.61. The lowest BCUT2D eigenvalue weighted by molar-refractivity contribution is -0.136. The maximum atomic E-state index is 13.7. The molecule has 4 atom stereocenters. The molecule has 5 rings (SSSR count). The first kappa shape index (κ1) is 22.4. The van der Waals surface area contributed by atoms with E-state index in [1.807, 2.05) is 0 Å². The first-order valence-corrected chi connectivity index (χ1v) is 11.3. The minimum Gasteiger partial charge on any atom is -0.512 e. The Kier molecular flexibility index (Phi) is 5.00. The monoisotopic (exact) mass is 482 g/mol. The number of aromatic hydroxyl groups is 1. The first-order chi connectivity index (χ1) is 16.0. The molecular formula is C25H23ClN2O6. The smallest absolute Gasteiger partial charge is 0.250 e. The third-order valence-electron chi connectivity index (χ3n) is 7.39. The van der Waals surface area contributed by atoms with E-state index in [0.29, 0.717) is 23.6 Å². The molecule has 0 bridgehead atoms. The Morgan fingerprint density at radius 2 is 1.91 bits per heavy atom. The Labute approximate surface area is 200 Å². The fourth-order valence-corrected chi connectivity index (χ4v) is 6.21. The van der Waals surface area contributed by atoms with Gasteiger partial charge in [-0.15, -0.1) is 0 Å². The zero-order chi connectivity index (χ0) is 24.5. The van der Waals surface area contributed by atoms with Crippen LogP contribution in [0.15, 0.2) is 47.4 Å². The summed E-state index contributed by atoms with van der Waals surface area (Å²) < 4.78 is 0. The highest BCUT2D eigenvalue weighted by Crippen LogP contribution is 2.54. The van der Waals surface area contributed by atoms with Gasteiger partial charge in [-0.1, -0.05) is 17.7 Å². The molecule has 0 spiro atoms. The van der Waals surface area contributed by atoms with Crippen LogP contribution < -0.4 is 5.73 Å². The lowest BCUT2D eigenvalue weighted by Gasteiger charge is -2.48. The van der Waals surface area contributed by atoms with E-state index in [9.17, 15) is 30.0 Å². The maximum absolute atomic E-state index is 13.7. The summed E-state index contributed by atoms with van der Waals surface area (Å²) in [6.07, 6.45) is 2.36. The number of nitrogens with zero attached hydrogens (tertiary/aromatic N) is 1. The fraction of sp³-hybridized carbons (Fsp3) is 0.320. The molecule has 1 heterocycles. The number of benzene rings is 1. The van der Waals surface area contributed by atoms with Gasteiger partial charge in [-0.2, -0.15) is 0 Å². The molecule has 34 heavy (non-hydrogen) atoms. The van der Waals surface area contributed by atoms with Gasteiger partial charge in [-0.3, -0.25) is 9.59 Å². The molecule has 1 amide bonds. The molecule has 9 heteroatoms. The number of ketones is 1. The van der Waals surface area contributed by atoms with E-state index in [-0.39, 0.29) is 40.4 Å². The Hall–Kier alpha value is -3.36. The minimum absolute atomic E-state index is 0.0240. The van der Waals surface area contributed by atoms with Gasteiger partial charge in [-0.05, 0) is 60.9 Å². The van der Waals surface area contributed by atoms with Crippen molar-refractivity contribution in [1.29, 1.82) is 0 Å². The predicted molar refractivity (Wildman–Crippen MR) is 124 cm³/mol. The van der Waals surface area contributed by atoms with E-state index < -0.39 is 35.0 Å². The van der Waals surface area contributed by atoms with Crippen molar-refractivity contribution in [2.24, 2.45) is 23.5 Å². The molecule has 0 saturated heterocycles. The number of aliphatic hydroxyl groups is 3. The normalized spacial score (nSPS) is 28.3. The van der Waals surface area contributed by atoms with E-state index >= 15 is 0 Å². The molecule has 4 unspecified atom stereocenters. The van der Waals surface area contributed by atoms with Gasteiger partial charge in [0.1, 0.15) is 28.0 Å². The summed E-state index contributed by atoms with van der Waals surface area (Å²) in [7, 11) is 0. The molecule has 3 aliphatic carbocycles. The van der Waals surface area contributed by atoms with Crippen LogP contribution in [0.1, 0.15) is 30.9 Å². The highest BCUT2D eigenvalue weighted by molar-refractivity contribution is 6.29. The van der Waals surface area contributed by atoms with E-state index in [0.717, 1.165) is 11.1 Å². The number of allylic oxidation sites excluding steroid dienone is 2. The summed E-state index contributed by atoms with van der Waals surface area (Å²) in [4.78, 5) is 29.7. The van der Waals surface area contributed by atoms with Crippen LogP contribution in [-0.2, 0) is 16.0 Å². The Morgan fingerprint density at radius 1 is 1.18 bits per heavy atom. The number of hydrogen-bond donors (Lipinski definition) is 5. The van der Waals surface area contributed by atoms with Crippen molar-refractivity contribution in [1.82, 2.24) is 4.98 Å². The second-order valence-corrected chi connectivity index (χ2v) is 9.78. The van der Waals surface area contributed by atoms with Gasteiger partial charge in [0, 0.05) is 23.8 Å². The van der Waals surface area contributed by atoms with Gasteiger partial charge in [0.15, 0.2) is 5.78 Å². The zero-order valence-corrected chi connectivity index (χ0v) is 19.0. The summed E-state index contributed by atoms with van der Waals surface area (Å²) in [6, 6.07) is 6.60. The average Bonchev–Trinajstić information content (AvgIpc) is 2.73. The number of aliphatic hydroxyl groups excluding tert-OH is 2. The van der Waals surface area contributed by atoms with Gasteiger partial charge in [0.25, 0.3) is 5.91 Å². The molecule has 0 aliphatic heterocycles. The minimum atomic E-state index is -1.99. The van der Waals surface area contributed by atoms with Crippen LogP contribution in [0.3, 0.4) is 0 Å². The van der Waals surface area contributed by atoms with Gasteiger partial charge < -0.3 is 26.2 Å². The van der Waals surface area contributed by atoms with E-state index in [1.54, 1.807) is 24.4 Å². The number of halogens is 1. The molecular weight excluding hydrogens is 460 g/mol. The molecule has 1 saturated carbocycles. The Bertz CT molecular complexity index is 1310. The number of amides is 1. The zero-order valence-electron chi connectivity index (χ0n) is 18.2. The first-order valence-electron chi connectivity index (χ1n) is 10.9. The molecule has 0 radical (unpaired) electrons. The standard InChI is InChI=1S/C25H23ClN2O6/c1-25(34)20-12(8-16(30)21(25)24(27)33)6-11-7-14-13(10-2-5-17(26)28-9-10)3-4-15(29)19(14)22(31)18(11)23(20)32/h2-5,9,11-12,20,29-31,34H,6-8H2,1H3,(H2,27,33). The molecule has 176 valence electrons. The van der Waals surface area contributed by atoms with Crippen molar-refractivity contribution in [3.8, 4) is 16.9 Å². The number of hydrogen-bond acceptors (Lipinski definition) is 7. The predicted octanol–water partition coefficient (Wildman–Crippen LogP) is 3.21. The van der Waals surface area contributed by atoms with Gasteiger partial charge in [-0.25, -0.2) is 4.98 Å². The number of Topliss-reactive ketones (excluding diaryl/α,β-unsaturated/α-hetero) is 1. The number of fused-ring (bicyclic) bond motifs is 3. The summed E-state index contributed by atoms with van der Waals surface area (Å²) in [5, 5.41) is 43.8. The third kappa shape index (κ3) is 3.13. The lowest BCUT2D eigenvalue weighted by atomic mass is 9.57. The largest absolute Gasteiger partial charge is 0.512 e. The number of phenolic OH excluding ortho intramolecular Hbond substituents is 1. The molecule has 1 aromatic carbocycles. The van der Waals surface area contributed by atoms with Crippen LogP contribution in [0.4, 0.5) is 0 Å². The summed E-state index contributed by atoms with van der Waals surface area (Å²) in [6.45, 7) is 1.29. The summed E-state index contributed by atoms with van der Waals surface area (Å²) in [5.74, 6) is -4.26. The van der Waals surface area contributed by atoms with Crippen LogP contribution in [0, 0.1) is 17.8 Å². The van der Waals surface area contributed by atoms with E-state index in [1.165, 1.54) is 13.0 Å². The molecule has 1 aromatic heterocycles. The second-order valence-electron chi connectivity index (χ2n) is 9.39. The van der Waals surface area contributed by atoms with E-state index in [4.69, 9.17) is 17.3 Å². The van der Waals surface area contributed by atoms with Crippen molar-refractivity contribution in [2.75, 3.05) is 0 Å². The number of carbonyl (C=O) groups excluding carboxylic acids is 2. The molecule has 1 fully saturated rings. The van der Waals surface area contributed by atoms with Crippen LogP contribution in [0.5, 0.6) is 5.75 Å². The van der Waals surface area contributed by atoms with Crippen LogP contribution in [-0.4, -0.2) is 42.7 Å². The maximum Gasteiger partial charge on any atom is 0.250 e. The highest BCUT2D eigenvalue weighted by atomic mass is 35.5. The van der Waals surface area contributed by atoms with Crippen LogP contribution in [0.25, 0.3) is 16.9 Å². The van der Waals surface area contributed by atoms with Crippen molar-refractivity contribution in [3.63, 3.8) is 0 Å². The second kappa shape index (κ2) is 7.58. The van der Waals surface area contributed by atoms with Gasteiger partial charge in [0.2, 0.25) is 0 Å². The van der Waals surface area contributed by atoms with Crippen LogP contribution >= 0.6 is 11.6 Å². The number of pyridine rings is 1. The quantitative estimate of drug-likeness (QED) is 0.412. The number of aromatic nitrogens is 1. The highest BCUT2D eigenvalue weighted by Gasteiger charge is 2.56. The molecule has 2 aromatic rings. The Balaban J connectivity index is 1.66. The summed E-state index contributed by atoms with van der Waals surface area (Å²) in [5.41, 5.74) is 5.44. The number of phenols is 1.